The van der Waals surface area contributed by atoms with Crippen molar-refractivity contribution in [1.82, 2.24) is 0 Å². The summed E-state index contributed by atoms with van der Waals surface area (Å²) in [5, 5.41) is 3.61. The SMILES string of the molecule is COc1cc(Cl)c(C)cc1NC(=O)C1=Cc2sc3c(c2CS1)CCCC3. The Morgan fingerprint density at radius 2 is 2.04 bits per heavy atom. The molecule has 1 aliphatic carbocycles. The molecule has 2 aromatic rings. The lowest BCUT2D eigenvalue weighted by Gasteiger charge is -2.17. The lowest BCUT2D eigenvalue weighted by Crippen LogP contribution is -2.15. The average molecular weight is 406 g/mol. The Bertz CT molecular complexity index is 917. The summed E-state index contributed by atoms with van der Waals surface area (Å²) in [6.07, 6.45) is 7.00. The predicted octanol–water partition coefficient (Wildman–Crippen LogP) is 5.82. The minimum absolute atomic E-state index is 0.0907. The van der Waals surface area contributed by atoms with Crippen LogP contribution in [0.1, 0.15) is 39.3 Å². The minimum Gasteiger partial charge on any atom is -0.495 e. The van der Waals surface area contributed by atoms with Crippen LogP contribution in [0.2, 0.25) is 5.02 Å². The molecule has 2 heterocycles. The normalized spacial score (nSPS) is 15.7. The number of hydrogen-bond donors (Lipinski definition) is 1. The molecule has 2 aliphatic rings. The molecule has 0 fully saturated rings. The van der Waals surface area contributed by atoms with Crippen LogP contribution in [0, 0.1) is 6.92 Å². The van der Waals surface area contributed by atoms with Gasteiger partial charge in [-0.25, -0.2) is 0 Å². The van der Waals surface area contributed by atoms with Gasteiger partial charge in [0.15, 0.2) is 0 Å². The van der Waals surface area contributed by atoms with Crippen LogP contribution < -0.4 is 10.1 Å². The van der Waals surface area contributed by atoms with Crippen molar-refractivity contribution < 1.29 is 9.53 Å². The van der Waals surface area contributed by atoms with E-state index in [9.17, 15) is 4.79 Å². The molecule has 0 unspecified atom stereocenters. The zero-order valence-electron chi connectivity index (χ0n) is 14.8. The molecule has 26 heavy (non-hydrogen) atoms. The molecule has 0 saturated heterocycles. The monoisotopic (exact) mass is 405 g/mol. The van der Waals surface area contributed by atoms with E-state index in [-0.39, 0.29) is 5.91 Å². The van der Waals surface area contributed by atoms with Crippen LogP contribution in [-0.4, -0.2) is 13.0 Å². The number of benzene rings is 1. The van der Waals surface area contributed by atoms with Crippen molar-refractivity contribution >= 4 is 52.4 Å². The van der Waals surface area contributed by atoms with Crippen LogP contribution >= 0.6 is 34.7 Å². The molecule has 3 nitrogen and oxygen atoms in total. The van der Waals surface area contributed by atoms with Crippen molar-refractivity contribution in [2.45, 2.75) is 38.4 Å². The first-order valence-corrected chi connectivity index (χ1v) is 10.9. The standard InChI is InChI=1S/C20H20ClNO2S2/c1-11-7-15(16(24-2)8-14(11)21)22-20(23)19-9-18-13(10-25-19)12-5-3-4-6-17(12)26-18/h7-9H,3-6,10H2,1-2H3,(H,22,23). The maximum absolute atomic E-state index is 12.8. The van der Waals surface area contributed by atoms with Crippen LogP contribution in [0.3, 0.4) is 0 Å². The van der Waals surface area contributed by atoms with E-state index in [0.717, 1.165) is 16.2 Å². The minimum atomic E-state index is -0.0907. The summed E-state index contributed by atoms with van der Waals surface area (Å²) in [5.74, 6) is 1.37. The van der Waals surface area contributed by atoms with E-state index in [0.29, 0.717) is 16.5 Å². The first kappa shape index (κ1) is 18.0. The second kappa shape index (κ2) is 7.29. The van der Waals surface area contributed by atoms with Gasteiger partial charge in [0.1, 0.15) is 5.75 Å². The Morgan fingerprint density at radius 1 is 1.23 bits per heavy atom. The number of rotatable bonds is 3. The van der Waals surface area contributed by atoms with Crippen molar-refractivity contribution in [2.24, 2.45) is 0 Å². The average Bonchev–Trinajstić information content (AvgIpc) is 3.02. The van der Waals surface area contributed by atoms with Crippen LogP contribution in [0.15, 0.2) is 17.0 Å². The summed E-state index contributed by atoms with van der Waals surface area (Å²) in [7, 11) is 1.58. The molecule has 1 aromatic carbocycles. The molecule has 1 N–H and O–H groups in total. The number of fused-ring (bicyclic) bond motifs is 3. The third kappa shape index (κ3) is 3.28. The number of aryl methyl sites for hydroxylation is 2. The van der Waals surface area contributed by atoms with Crippen molar-refractivity contribution in [3.8, 4) is 5.75 Å². The number of methoxy groups -OCH3 is 1. The smallest absolute Gasteiger partial charge is 0.262 e. The lowest BCUT2D eigenvalue weighted by molar-refractivity contribution is -0.112. The maximum atomic E-state index is 12.8. The number of ether oxygens (including phenoxy) is 1. The molecule has 4 rings (SSSR count). The Morgan fingerprint density at radius 3 is 2.85 bits per heavy atom. The molecule has 0 atom stereocenters. The highest BCUT2D eigenvalue weighted by Crippen LogP contribution is 2.43. The Labute approximate surface area is 166 Å². The fourth-order valence-corrected chi connectivity index (χ4v) is 6.17. The van der Waals surface area contributed by atoms with Gasteiger partial charge in [-0.15, -0.1) is 23.1 Å². The van der Waals surface area contributed by atoms with Crippen LogP contribution in [0.25, 0.3) is 6.08 Å². The zero-order chi connectivity index (χ0) is 18.3. The summed E-state index contributed by atoms with van der Waals surface area (Å²) in [6, 6.07) is 3.59. The first-order chi connectivity index (χ1) is 12.6. The second-order valence-electron chi connectivity index (χ2n) is 6.61. The summed E-state index contributed by atoms with van der Waals surface area (Å²) in [5.41, 5.74) is 4.55. The van der Waals surface area contributed by atoms with Crippen molar-refractivity contribution in [3.05, 3.63) is 48.5 Å². The highest BCUT2D eigenvalue weighted by atomic mass is 35.5. The van der Waals surface area contributed by atoms with Crippen molar-refractivity contribution in [3.63, 3.8) is 0 Å². The van der Waals surface area contributed by atoms with E-state index in [1.807, 2.05) is 24.3 Å². The second-order valence-corrected chi connectivity index (χ2v) is 9.17. The molecular weight excluding hydrogens is 386 g/mol. The number of thiophene rings is 1. The van der Waals surface area contributed by atoms with Gasteiger partial charge in [-0.05, 0) is 61.4 Å². The summed E-state index contributed by atoms with van der Waals surface area (Å²) < 4.78 is 5.36. The number of carbonyl (C=O) groups excluding carboxylic acids is 1. The van der Waals surface area contributed by atoms with E-state index in [4.69, 9.17) is 16.3 Å². The first-order valence-electron chi connectivity index (χ1n) is 8.70. The van der Waals surface area contributed by atoms with Gasteiger partial charge >= 0.3 is 0 Å². The van der Waals surface area contributed by atoms with E-state index in [1.54, 1.807) is 30.5 Å². The Hall–Kier alpha value is -1.43. The number of amides is 1. The summed E-state index contributed by atoms with van der Waals surface area (Å²) >= 11 is 9.63. The van der Waals surface area contributed by atoms with Crippen LogP contribution in [0.4, 0.5) is 5.69 Å². The molecule has 136 valence electrons. The Balaban J connectivity index is 1.60. The van der Waals surface area contributed by atoms with Crippen LogP contribution in [-0.2, 0) is 23.4 Å². The van der Waals surface area contributed by atoms with E-state index in [2.05, 4.69) is 11.4 Å². The zero-order valence-corrected chi connectivity index (χ0v) is 17.2. The van der Waals surface area contributed by atoms with E-state index < -0.39 is 0 Å². The topological polar surface area (TPSA) is 38.3 Å². The molecule has 1 aliphatic heterocycles. The number of thioether (sulfide) groups is 1. The van der Waals surface area contributed by atoms with E-state index in [1.165, 1.54) is 41.0 Å². The summed E-state index contributed by atoms with van der Waals surface area (Å²) in [4.78, 5) is 16.3. The number of hydrogen-bond acceptors (Lipinski definition) is 4. The molecule has 6 heteroatoms. The molecule has 1 aromatic heterocycles. The van der Waals surface area contributed by atoms with Gasteiger partial charge in [0.25, 0.3) is 5.91 Å². The van der Waals surface area contributed by atoms with Gasteiger partial charge in [-0.1, -0.05) is 11.6 Å². The maximum Gasteiger partial charge on any atom is 0.262 e. The highest BCUT2D eigenvalue weighted by Gasteiger charge is 2.25. The molecule has 0 spiro atoms. The fraction of sp³-hybridized carbons (Fsp3) is 0.350. The van der Waals surface area contributed by atoms with E-state index >= 15 is 0 Å². The number of anilines is 1. The molecule has 0 saturated carbocycles. The summed E-state index contributed by atoms with van der Waals surface area (Å²) in [6.45, 7) is 1.91. The molecule has 1 amide bonds. The number of carbonyl (C=O) groups is 1. The molecular formula is C20H20ClNO2S2. The molecule has 0 radical (unpaired) electrons. The highest BCUT2D eigenvalue weighted by molar-refractivity contribution is 8.03. The van der Waals surface area contributed by atoms with Gasteiger partial charge in [-0.2, -0.15) is 0 Å². The number of halogens is 1. The lowest BCUT2D eigenvalue weighted by atomic mass is 9.95. The Kier molecular flexibility index (Phi) is 5.04. The molecule has 0 bridgehead atoms. The van der Waals surface area contributed by atoms with Gasteiger partial charge < -0.3 is 10.1 Å². The van der Waals surface area contributed by atoms with Gasteiger partial charge in [-0.3, -0.25) is 4.79 Å². The third-order valence-corrected chi connectivity index (χ3v) is 7.63. The van der Waals surface area contributed by atoms with Gasteiger partial charge in [0.05, 0.1) is 17.7 Å². The largest absolute Gasteiger partial charge is 0.495 e. The van der Waals surface area contributed by atoms with Crippen LogP contribution in [0.5, 0.6) is 5.75 Å². The fourth-order valence-electron chi connectivity index (χ4n) is 3.48. The van der Waals surface area contributed by atoms with Crippen molar-refractivity contribution in [2.75, 3.05) is 12.4 Å². The van der Waals surface area contributed by atoms with Gasteiger partial charge in [0, 0.05) is 26.6 Å². The van der Waals surface area contributed by atoms with Crippen molar-refractivity contribution in [1.29, 1.82) is 0 Å². The van der Waals surface area contributed by atoms with Gasteiger partial charge in [0.2, 0.25) is 0 Å². The number of nitrogens with one attached hydrogen (secondary N) is 1. The predicted molar refractivity (Wildman–Crippen MR) is 112 cm³/mol. The quantitative estimate of drug-likeness (QED) is 0.698. The third-order valence-electron chi connectivity index (χ3n) is 4.90.